The molecule has 2 N–H and O–H groups in total. The van der Waals surface area contributed by atoms with Crippen LogP contribution in [0.1, 0.15) is 77.1 Å². The maximum atomic E-state index is 13.9. The number of hydrogen-bond donors (Lipinski definition) is 2. The molecule has 10 nitrogen and oxygen atoms in total. The predicted molar refractivity (Wildman–Crippen MR) is 143 cm³/mol. The number of alkyl carbamates (subject to hydrolysis) is 1. The number of rotatable bonds is 12. The van der Waals surface area contributed by atoms with E-state index in [-0.39, 0.29) is 31.9 Å². The number of amides is 3. The van der Waals surface area contributed by atoms with Crippen LogP contribution in [-0.2, 0) is 23.9 Å². The third kappa shape index (κ3) is 11.2. The lowest BCUT2D eigenvalue weighted by atomic mass is 9.97. The third-order valence-corrected chi connectivity index (χ3v) is 5.27. The zero-order valence-electron chi connectivity index (χ0n) is 23.8. The van der Waals surface area contributed by atoms with E-state index in [1.807, 2.05) is 39.8 Å². The first-order valence-electron chi connectivity index (χ1n) is 12.9. The molecule has 0 spiro atoms. The number of carbonyl (C=O) groups excluding carboxylic acids is 4. The summed E-state index contributed by atoms with van der Waals surface area (Å²) in [6, 6.07) is 5.27. The Morgan fingerprint density at radius 3 is 2.18 bits per heavy atom. The van der Waals surface area contributed by atoms with Gasteiger partial charge in [0.1, 0.15) is 24.2 Å². The standard InChI is InChI=1S/C28H42N4O6/c1-9-37-23(33)10-12-30-25(34)24(21-16-19(4)15-20(5)17-21)32(13-11-29)26(35)22(14-18(2)3)31-27(36)38-28(6,7)8/h15-18,22,24H,9-10,12-14H2,1-8H3,(H,30,34)(H,31,36). The topological polar surface area (TPSA) is 138 Å². The first-order valence-corrected chi connectivity index (χ1v) is 12.9. The van der Waals surface area contributed by atoms with Gasteiger partial charge in [-0.25, -0.2) is 4.79 Å². The molecule has 0 aliphatic heterocycles. The SMILES string of the molecule is CCOC(=O)CCNC(=O)C(c1cc(C)cc(C)c1)N(CC#N)C(=O)C(CC(C)C)NC(=O)OC(C)(C)C. The molecule has 1 aromatic carbocycles. The highest BCUT2D eigenvalue weighted by Crippen LogP contribution is 2.25. The smallest absolute Gasteiger partial charge is 0.408 e. The summed E-state index contributed by atoms with van der Waals surface area (Å²) in [5.74, 6) is -1.58. The predicted octanol–water partition coefficient (Wildman–Crippen LogP) is 3.71. The Kier molecular flexibility index (Phi) is 12.8. The third-order valence-electron chi connectivity index (χ3n) is 5.27. The van der Waals surface area contributed by atoms with Gasteiger partial charge in [-0.05, 0) is 59.4 Å². The molecule has 0 radical (unpaired) electrons. The molecule has 210 valence electrons. The summed E-state index contributed by atoms with van der Waals surface area (Å²) >= 11 is 0. The van der Waals surface area contributed by atoms with Crippen molar-refractivity contribution in [3.05, 3.63) is 34.9 Å². The minimum Gasteiger partial charge on any atom is -0.466 e. The van der Waals surface area contributed by atoms with Crippen LogP contribution in [0.4, 0.5) is 4.79 Å². The zero-order chi connectivity index (χ0) is 29.0. The Morgan fingerprint density at radius 1 is 1.08 bits per heavy atom. The van der Waals surface area contributed by atoms with Gasteiger partial charge >= 0.3 is 12.1 Å². The fourth-order valence-electron chi connectivity index (χ4n) is 3.97. The number of carbonyl (C=O) groups is 4. The minimum absolute atomic E-state index is 0.000863. The number of aryl methyl sites for hydroxylation is 2. The molecule has 0 aliphatic carbocycles. The molecule has 2 atom stereocenters. The normalized spacial score (nSPS) is 12.6. The van der Waals surface area contributed by atoms with Crippen molar-refractivity contribution in [1.82, 2.24) is 15.5 Å². The Labute approximate surface area is 226 Å². The molecule has 0 fully saturated rings. The van der Waals surface area contributed by atoms with Gasteiger partial charge in [0.2, 0.25) is 11.8 Å². The Hall–Kier alpha value is -3.61. The second kappa shape index (κ2) is 15.0. The molecule has 2 unspecified atom stereocenters. The second-order valence-corrected chi connectivity index (χ2v) is 10.6. The van der Waals surface area contributed by atoms with E-state index in [0.717, 1.165) is 11.1 Å². The van der Waals surface area contributed by atoms with Gasteiger partial charge in [0.15, 0.2) is 0 Å². The highest BCUT2D eigenvalue weighted by atomic mass is 16.6. The Bertz CT molecular complexity index is 1000. The lowest BCUT2D eigenvalue weighted by Crippen LogP contribution is -2.53. The second-order valence-electron chi connectivity index (χ2n) is 10.6. The number of hydrogen-bond acceptors (Lipinski definition) is 7. The fraction of sp³-hybridized carbons (Fsp3) is 0.607. The summed E-state index contributed by atoms with van der Waals surface area (Å²) in [4.78, 5) is 52.9. The van der Waals surface area contributed by atoms with Crippen molar-refractivity contribution in [2.75, 3.05) is 19.7 Å². The first kappa shape index (κ1) is 32.4. The molecule has 0 heterocycles. The molecule has 0 bridgehead atoms. The van der Waals surface area contributed by atoms with Crippen molar-refractivity contribution < 1.29 is 28.7 Å². The summed E-state index contributed by atoms with van der Waals surface area (Å²) in [5, 5.41) is 15.0. The van der Waals surface area contributed by atoms with E-state index in [0.29, 0.717) is 5.56 Å². The van der Waals surface area contributed by atoms with Crippen molar-refractivity contribution in [3.63, 3.8) is 0 Å². The van der Waals surface area contributed by atoms with Crippen LogP contribution in [0, 0.1) is 31.1 Å². The van der Waals surface area contributed by atoms with Crippen LogP contribution in [0.25, 0.3) is 0 Å². The van der Waals surface area contributed by atoms with Gasteiger partial charge in [-0.2, -0.15) is 5.26 Å². The average molecular weight is 531 g/mol. The molecule has 0 saturated heterocycles. The first-order chi connectivity index (χ1) is 17.7. The largest absolute Gasteiger partial charge is 0.466 e. The molecule has 38 heavy (non-hydrogen) atoms. The number of nitrogens with zero attached hydrogens (tertiary/aromatic N) is 2. The van der Waals surface area contributed by atoms with Gasteiger partial charge < -0.3 is 25.0 Å². The van der Waals surface area contributed by atoms with Gasteiger partial charge in [-0.1, -0.05) is 43.2 Å². The molecule has 0 saturated carbocycles. The molecule has 10 heteroatoms. The lowest BCUT2D eigenvalue weighted by Gasteiger charge is -2.33. The van der Waals surface area contributed by atoms with Crippen LogP contribution in [-0.4, -0.2) is 60.1 Å². The fourth-order valence-corrected chi connectivity index (χ4v) is 3.97. The van der Waals surface area contributed by atoms with Gasteiger partial charge in [-0.3, -0.25) is 14.4 Å². The van der Waals surface area contributed by atoms with E-state index in [2.05, 4.69) is 10.6 Å². The molecule has 0 aliphatic rings. The maximum absolute atomic E-state index is 13.9. The highest BCUT2D eigenvalue weighted by molar-refractivity contribution is 5.92. The number of nitrogens with one attached hydrogen (secondary N) is 2. The number of benzene rings is 1. The van der Waals surface area contributed by atoms with Crippen molar-refractivity contribution in [1.29, 1.82) is 5.26 Å². The Morgan fingerprint density at radius 2 is 1.68 bits per heavy atom. The summed E-state index contributed by atoms with van der Waals surface area (Å²) in [5.41, 5.74) is 1.49. The molecule has 1 aromatic rings. The summed E-state index contributed by atoms with van der Waals surface area (Å²) < 4.78 is 10.3. The van der Waals surface area contributed by atoms with Gasteiger partial charge in [0, 0.05) is 6.54 Å². The maximum Gasteiger partial charge on any atom is 0.408 e. The Balaban J connectivity index is 3.43. The van der Waals surface area contributed by atoms with Crippen molar-refractivity contribution in [3.8, 4) is 6.07 Å². The van der Waals surface area contributed by atoms with E-state index in [1.165, 1.54) is 4.90 Å². The van der Waals surface area contributed by atoms with Crippen LogP contribution in [0.3, 0.4) is 0 Å². The number of ether oxygens (including phenoxy) is 2. The lowest BCUT2D eigenvalue weighted by molar-refractivity contribution is -0.144. The summed E-state index contributed by atoms with van der Waals surface area (Å²) in [7, 11) is 0. The van der Waals surface area contributed by atoms with E-state index >= 15 is 0 Å². The van der Waals surface area contributed by atoms with Crippen molar-refractivity contribution in [2.45, 2.75) is 85.9 Å². The van der Waals surface area contributed by atoms with Crippen LogP contribution < -0.4 is 10.6 Å². The molecular formula is C28H42N4O6. The van der Waals surface area contributed by atoms with E-state index in [4.69, 9.17) is 9.47 Å². The van der Waals surface area contributed by atoms with Crippen LogP contribution >= 0.6 is 0 Å². The van der Waals surface area contributed by atoms with Crippen LogP contribution in [0.5, 0.6) is 0 Å². The molecule has 1 rings (SSSR count). The van der Waals surface area contributed by atoms with Gasteiger partial charge in [-0.15, -0.1) is 0 Å². The summed E-state index contributed by atoms with van der Waals surface area (Å²) in [6.45, 7) is 14.2. The van der Waals surface area contributed by atoms with Gasteiger partial charge in [0.25, 0.3) is 0 Å². The van der Waals surface area contributed by atoms with Gasteiger partial charge in [0.05, 0.1) is 19.1 Å². The zero-order valence-corrected chi connectivity index (χ0v) is 23.8. The molecular weight excluding hydrogens is 488 g/mol. The van der Waals surface area contributed by atoms with E-state index in [9.17, 15) is 24.4 Å². The minimum atomic E-state index is -1.17. The quantitative estimate of drug-likeness (QED) is 0.310. The number of nitriles is 1. The highest BCUT2D eigenvalue weighted by Gasteiger charge is 2.36. The number of esters is 1. The van der Waals surface area contributed by atoms with E-state index in [1.54, 1.807) is 39.8 Å². The van der Waals surface area contributed by atoms with Crippen LogP contribution in [0.15, 0.2) is 18.2 Å². The van der Waals surface area contributed by atoms with Crippen molar-refractivity contribution in [2.24, 2.45) is 5.92 Å². The monoisotopic (exact) mass is 530 g/mol. The molecule has 3 amide bonds. The summed E-state index contributed by atoms with van der Waals surface area (Å²) in [6.07, 6.45) is -0.541. The van der Waals surface area contributed by atoms with Crippen molar-refractivity contribution >= 4 is 23.9 Å². The average Bonchev–Trinajstić information content (AvgIpc) is 2.75. The molecule has 0 aromatic heterocycles. The van der Waals surface area contributed by atoms with Crippen LogP contribution in [0.2, 0.25) is 0 Å². The van der Waals surface area contributed by atoms with E-state index < -0.39 is 48.1 Å².